The van der Waals surface area contributed by atoms with E-state index in [1.54, 1.807) is 28.3 Å². The van der Waals surface area contributed by atoms with Crippen molar-refractivity contribution in [3.8, 4) is 17.3 Å². The largest absolute Gasteiger partial charge is 0.330 e. The number of fused-ring (bicyclic) bond motifs is 1. The van der Waals surface area contributed by atoms with Gasteiger partial charge in [-0.3, -0.25) is 9.13 Å². The first-order valence-corrected chi connectivity index (χ1v) is 7.87. The van der Waals surface area contributed by atoms with Crippen molar-refractivity contribution in [1.29, 1.82) is 5.26 Å². The van der Waals surface area contributed by atoms with E-state index in [2.05, 4.69) is 31.8 Å². The summed E-state index contributed by atoms with van der Waals surface area (Å²) in [7, 11) is 1.74. The standard InChI is InChI=1S/C19H20N4O/c1-19(2,3)12-23-16-9-8-15(21-17(16)22(4)18(23)24)14-7-5-6-13(10-14)11-20/h5-10H,12H2,1-4H3. The maximum Gasteiger partial charge on any atom is 0.330 e. The summed E-state index contributed by atoms with van der Waals surface area (Å²) in [6.07, 6.45) is 0. The SMILES string of the molecule is Cn1c(=O)n(CC(C)(C)C)c2ccc(-c3cccc(C#N)c3)nc21. The summed E-state index contributed by atoms with van der Waals surface area (Å²) in [4.78, 5) is 17.2. The predicted octanol–water partition coefficient (Wildman–Crippen LogP) is 3.32. The third-order valence-electron chi connectivity index (χ3n) is 3.90. The van der Waals surface area contributed by atoms with E-state index < -0.39 is 0 Å². The van der Waals surface area contributed by atoms with Crippen molar-refractivity contribution in [1.82, 2.24) is 14.1 Å². The van der Waals surface area contributed by atoms with Crippen LogP contribution in [-0.4, -0.2) is 14.1 Å². The van der Waals surface area contributed by atoms with E-state index in [9.17, 15) is 4.79 Å². The molecule has 0 amide bonds. The number of nitriles is 1. The fraction of sp³-hybridized carbons (Fsp3) is 0.316. The lowest BCUT2D eigenvalue weighted by molar-refractivity contribution is 0.342. The molecule has 5 heteroatoms. The van der Waals surface area contributed by atoms with Gasteiger partial charge in [-0.1, -0.05) is 32.9 Å². The average Bonchev–Trinajstić information content (AvgIpc) is 2.78. The van der Waals surface area contributed by atoms with E-state index in [1.807, 2.05) is 24.3 Å². The predicted molar refractivity (Wildman–Crippen MR) is 94.6 cm³/mol. The minimum atomic E-state index is -0.0599. The van der Waals surface area contributed by atoms with Gasteiger partial charge in [0.05, 0.1) is 22.8 Å². The minimum Gasteiger partial charge on any atom is -0.290 e. The molecule has 0 aliphatic heterocycles. The highest BCUT2D eigenvalue weighted by atomic mass is 16.1. The number of nitrogens with zero attached hydrogens (tertiary/aromatic N) is 4. The topological polar surface area (TPSA) is 63.6 Å². The fourth-order valence-corrected chi connectivity index (χ4v) is 2.81. The van der Waals surface area contributed by atoms with Gasteiger partial charge in [0.2, 0.25) is 0 Å². The van der Waals surface area contributed by atoms with E-state index >= 15 is 0 Å². The van der Waals surface area contributed by atoms with Gasteiger partial charge in [0, 0.05) is 19.2 Å². The molecule has 3 aromatic rings. The molecule has 0 radical (unpaired) electrons. The second kappa shape index (κ2) is 5.64. The van der Waals surface area contributed by atoms with Crippen molar-refractivity contribution in [2.45, 2.75) is 27.3 Å². The van der Waals surface area contributed by atoms with E-state index in [0.29, 0.717) is 17.8 Å². The number of aryl methyl sites for hydroxylation is 1. The quantitative estimate of drug-likeness (QED) is 0.727. The highest BCUT2D eigenvalue weighted by Gasteiger charge is 2.18. The van der Waals surface area contributed by atoms with Crippen LogP contribution in [0.4, 0.5) is 0 Å². The molecule has 0 fully saturated rings. The Morgan fingerprint density at radius 2 is 1.96 bits per heavy atom. The first kappa shape index (κ1) is 16.0. The first-order valence-electron chi connectivity index (χ1n) is 7.87. The van der Waals surface area contributed by atoms with Gasteiger partial charge in [-0.05, 0) is 29.7 Å². The van der Waals surface area contributed by atoms with Crippen molar-refractivity contribution >= 4 is 11.2 Å². The van der Waals surface area contributed by atoms with Crippen molar-refractivity contribution in [2.24, 2.45) is 12.5 Å². The lowest BCUT2D eigenvalue weighted by atomic mass is 9.97. The van der Waals surface area contributed by atoms with E-state index in [0.717, 1.165) is 16.8 Å². The third-order valence-corrected chi connectivity index (χ3v) is 3.90. The van der Waals surface area contributed by atoms with Crippen LogP contribution in [-0.2, 0) is 13.6 Å². The highest BCUT2D eigenvalue weighted by Crippen LogP contribution is 2.23. The van der Waals surface area contributed by atoms with Gasteiger partial charge in [0.25, 0.3) is 0 Å². The molecular formula is C19H20N4O. The van der Waals surface area contributed by atoms with Crippen LogP contribution in [0.25, 0.3) is 22.4 Å². The third kappa shape index (κ3) is 2.83. The van der Waals surface area contributed by atoms with Gasteiger partial charge in [-0.2, -0.15) is 5.26 Å². The Kier molecular flexibility index (Phi) is 3.76. The summed E-state index contributed by atoms with van der Waals surface area (Å²) in [5, 5.41) is 9.05. The number of pyridine rings is 1. The van der Waals surface area contributed by atoms with E-state index in [-0.39, 0.29) is 11.1 Å². The molecule has 2 aromatic heterocycles. The number of hydrogen-bond acceptors (Lipinski definition) is 3. The van der Waals surface area contributed by atoms with Crippen LogP contribution < -0.4 is 5.69 Å². The molecule has 0 spiro atoms. The molecule has 3 rings (SSSR count). The van der Waals surface area contributed by atoms with Crippen LogP contribution in [0.1, 0.15) is 26.3 Å². The second-order valence-corrected chi connectivity index (χ2v) is 7.22. The number of imidazole rings is 1. The van der Waals surface area contributed by atoms with Gasteiger partial charge >= 0.3 is 5.69 Å². The molecule has 5 nitrogen and oxygen atoms in total. The van der Waals surface area contributed by atoms with Crippen molar-refractivity contribution in [2.75, 3.05) is 0 Å². The Hall–Kier alpha value is -2.87. The molecule has 24 heavy (non-hydrogen) atoms. The number of benzene rings is 1. The van der Waals surface area contributed by atoms with Crippen LogP contribution in [0, 0.1) is 16.7 Å². The molecule has 0 atom stereocenters. The van der Waals surface area contributed by atoms with E-state index in [4.69, 9.17) is 5.26 Å². The van der Waals surface area contributed by atoms with Crippen LogP contribution in [0.3, 0.4) is 0 Å². The normalized spacial score (nSPS) is 11.6. The smallest absolute Gasteiger partial charge is 0.290 e. The summed E-state index contributed by atoms with van der Waals surface area (Å²) in [5.74, 6) is 0. The van der Waals surface area contributed by atoms with Gasteiger partial charge in [0.15, 0.2) is 5.65 Å². The summed E-state index contributed by atoms with van der Waals surface area (Å²) in [6.45, 7) is 6.95. The summed E-state index contributed by atoms with van der Waals surface area (Å²) >= 11 is 0. The Morgan fingerprint density at radius 3 is 2.62 bits per heavy atom. The van der Waals surface area contributed by atoms with Crippen molar-refractivity contribution in [3.05, 3.63) is 52.4 Å². The molecule has 1 aromatic carbocycles. The Balaban J connectivity index is 2.18. The monoisotopic (exact) mass is 320 g/mol. The lowest BCUT2D eigenvalue weighted by Gasteiger charge is -2.18. The molecule has 0 saturated carbocycles. The number of rotatable bonds is 2. The summed E-state index contributed by atoms with van der Waals surface area (Å²) in [6, 6.07) is 13.3. The highest BCUT2D eigenvalue weighted by molar-refractivity contribution is 5.76. The van der Waals surface area contributed by atoms with E-state index in [1.165, 1.54) is 0 Å². The minimum absolute atomic E-state index is 0.00208. The Morgan fingerprint density at radius 1 is 1.21 bits per heavy atom. The maximum atomic E-state index is 12.6. The van der Waals surface area contributed by atoms with Crippen molar-refractivity contribution < 1.29 is 0 Å². The number of aromatic nitrogens is 3. The molecule has 0 N–H and O–H groups in total. The summed E-state index contributed by atoms with van der Waals surface area (Å²) < 4.78 is 3.36. The van der Waals surface area contributed by atoms with Crippen LogP contribution in [0.15, 0.2) is 41.2 Å². The van der Waals surface area contributed by atoms with Gasteiger partial charge in [-0.15, -0.1) is 0 Å². The first-order chi connectivity index (χ1) is 11.3. The van der Waals surface area contributed by atoms with Crippen LogP contribution >= 0.6 is 0 Å². The van der Waals surface area contributed by atoms with Crippen LogP contribution in [0.2, 0.25) is 0 Å². The van der Waals surface area contributed by atoms with Gasteiger partial charge in [-0.25, -0.2) is 9.78 Å². The van der Waals surface area contributed by atoms with Gasteiger partial charge in [0.1, 0.15) is 0 Å². The molecule has 0 bridgehead atoms. The Bertz CT molecular complexity index is 1010. The Labute approximate surface area is 140 Å². The van der Waals surface area contributed by atoms with Crippen LogP contribution in [0.5, 0.6) is 0 Å². The molecule has 2 heterocycles. The molecular weight excluding hydrogens is 300 g/mol. The fourth-order valence-electron chi connectivity index (χ4n) is 2.81. The molecule has 122 valence electrons. The molecule has 0 unspecified atom stereocenters. The average molecular weight is 320 g/mol. The molecule has 0 aliphatic rings. The zero-order valence-electron chi connectivity index (χ0n) is 14.4. The zero-order chi connectivity index (χ0) is 17.5. The zero-order valence-corrected chi connectivity index (χ0v) is 14.4. The maximum absolute atomic E-state index is 12.6. The number of hydrogen-bond donors (Lipinski definition) is 0. The van der Waals surface area contributed by atoms with Crippen molar-refractivity contribution in [3.63, 3.8) is 0 Å². The second-order valence-electron chi connectivity index (χ2n) is 7.22. The lowest BCUT2D eigenvalue weighted by Crippen LogP contribution is -2.27. The van der Waals surface area contributed by atoms with Gasteiger partial charge < -0.3 is 0 Å². The summed E-state index contributed by atoms with van der Waals surface area (Å²) in [5.41, 5.74) is 3.64. The molecule has 0 saturated heterocycles. The molecule has 0 aliphatic carbocycles.